The molecule has 68 valence electrons. The molecule has 0 saturated carbocycles. The van der Waals surface area contributed by atoms with Gasteiger partial charge in [0.2, 0.25) is 0 Å². The molecule has 0 saturated heterocycles. The monoisotopic (exact) mass is 257 g/mol. The first-order valence-electron chi connectivity index (χ1n) is 3.81. The summed E-state index contributed by atoms with van der Waals surface area (Å²) in [7, 11) is 0. The minimum atomic E-state index is -0.0897. The van der Waals surface area contributed by atoms with Crippen LogP contribution in [0.4, 0.5) is 0 Å². The first-order valence-corrected chi connectivity index (χ1v) is 5.48. The van der Waals surface area contributed by atoms with Gasteiger partial charge in [0.05, 0.1) is 12.3 Å². The molecule has 0 aliphatic rings. The summed E-state index contributed by atoms with van der Waals surface area (Å²) in [5, 5.41) is 2.02. The summed E-state index contributed by atoms with van der Waals surface area (Å²) < 4.78 is 5.84. The zero-order valence-electron chi connectivity index (χ0n) is 6.74. The van der Waals surface area contributed by atoms with E-state index in [-0.39, 0.29) is 6.04 Å². The van der Waals surface area contributed by atoms with Crippen LogP contribution in [-0.2, 0) is 0 Å². The zero-order chi connectivity index (χ0) is 9.26. The van der Waals surface area contributed by atoms with Crippen molar-refractivity contribution in [3.8, 4) is 0 Å². The summed E-state index contributed by atoms with van der Waals surface area (Å²) in [5.74, 6) is 0. The minimum Gasteiger partial charge on any atom is -0.457 e. The number of thiophene rings is 1. The van der Waals surface area contributed by atoms with Crippen LogP contribution in [0.5, 0.6) is 0 Å². The molecule has 0 aliphatic carbocycles. The van der Waals surface area contributed by atoms with Crippen LogP contribution in [0, 0.1) is 0 Å². The fraction of sp³-hybridized carbons (Fsp3) is 0.111. The van der Waals surface area contributed by atoms with E-state index in [0.29, 0.717) is 4.67 Å². The Morgan fingerprint density at radius 3 is 2.85 bits per heavy atom. The summed E-state index contributed by atoms with van der Waals surface area (Å²) in [4.78, 5) is 1.14. The van der Waals surface area contributed by atoms with Crippen LogP contribution < -0.4 is 5.73 Å². The van der Waals surface area contributed by atoms with E-state index >= 15 is 0 Å². The Hall–Kier alpha value is -0.580. The lowest BCUT2D eigenvalue weighted by atomic mass is 10.1. The molecule has 13 heavy (non-hydrogen) atoms. The quantitative estimate of drug-likeness (QED) is 0.898. The Labute approximate surface area is 88.5 Å². The molecule has 1 unspecified atom stereocenters. The van der Waals surface area contributed by atoms with E-state index in [0.717, 1.165) is 10.4 Å². The first kappa shape index (κ1) is 8.99. The first-order chi connectivity index (χ1) is 6.29. The van der Waals surface area contributed by atoms with Gasteiger partial charge in [-0.2, -0.15) is 0 Å². The van der Waals surface area contributed by atoms with Crippen molar-refractivity contribution < 1.29 is 4.42 Å². The van der Waals surface area contributed by atoms with E-state index in [1.54, 1.807) is 17.6 Å². The molecular weight excluding hydrogens is 250 g/mol. The highest BCUT2D eigenvalue weighted by Crippen LogP contribution is 2.29. The molecule has 0 amide bonds. The molecule has 2 heterocycles. The van der Waals surface area contributed by atoms with Gasteiger partial charge < -0.3 is 10.2 Å². The lowest BCUT2D eigenvalue weighted by Crippen LogP contribution is -2.09. The van der Waals surface area contributed by atoms with Crippen molar-refractivity contribution in [3.63, 3.8) is 0 Å². The van der Waals surface area contributed by atoms with Crippen LogP contribution in [0.2, 0.25) is 0 Å². The van der Waals surface area contributed by atoms with Crippen LogP contribution in [0.1, 0.15) is 16.5 Å². The highest BCUT2D eigenvalue weighted by atomic mass is 79.9. The standard InChI is InChI=1S/C9H8BrNOS/c10-9-6(3-4-12-9)8(11)7-2-1-5-13-7/h1-5,8H,11H2. The normalized spacial score (nSPS) is 13.1. The SMILES string of the molecule is NC(c1cccs1)c1ccoc1Br. The predicted octanol–water partition coefficient (Wildman–Crippen LogP) is 3.15. The van der Waals surface area contributed by atoms with E-state index in [1.807, 2.05) is 23.6 Å². The van der Waals surface area contributed by atoms with E-state index < -0.39 is 0 Å². The molecule has 4 heteroatoms. The van der Waals surface area contributed by atoms with E-state index in [2.05, 4.69) is 15.9 Å². The molecule has 2 nitrogen and oxygen atoms in total. The van der Waals surface area contributed by atoms with Crippen molar-refractivity contribution in [3.05, 3.63) is 45.0 Å². The van der Waals surface area contributed by atoms with Crippen LogP contribution >= 0.6 is 27.3 Å². The summed E-state index contributed by atoms with van der Waals surface area (Å²) in [6, 6.07) is 5.81. The van der Waals surface area contributed by atoms with Crippen molar-refractivity contribution in [1.29, 1.82) is 0 Å². The van der Waals surface area contributed by atoms with Gasteiger partial charge in [-0.05, 0) is 33.4 Å². The van der Waals surface area contributed by atoms with Crippen molar-refractivity contribution in [1.82, 2.24) is 0 Å². The third-order valence-electron chi connectivity index (χ3n) is 1.83. The second-order valence-electron chi connectivity index (χ2n) is 2.64. The molecule has 2 N–H and O–H groups in total. The molecule has 0 bridgehead atoms. The molecule has 2 aromatic rings. The molecule has 0 aliphatic heterocycles. The smallest absolute Gasteiger partial charge is 0.174 e. The number of nitrogens with two attached hydrogens (primary N) is 1. The van der Waals surface area contributed by atoms with Crippen LogP contribution in [-0.4, -0.2) is 0 Å². The van der Waals surface area contributed by atoms with Crippen molar-refractivity contribution in [2.24, 2.45) is 5.73 Å². The van der Waals surface area contributed by atoms with Crippen molar-refractivity contribution >= 4 is 27.3 Å². The number of furan rings is 1. The maximum absolute atomic E-state index is 6.03. The molecular formula is C9H8BrNOS. The van der Waals surface area contributed by atoms with Gasteiger partial charge in [-0.15, -0.1) is 11.3 Å². The second-order valence-corrected chi connectivity index (χ2v) is 4.34. The van der Waals surface area contributed by atoms with E-state index in [4.69, 9.17) is 10.2 Å². The Kier molecular flexibility index (Phi) is 2.53. The fourth-order valence-corrected chi connectivity index (χ4v) is 2.38. The van der Waals surface area contributed by atoms with Crippen LogP contribution in [0.15, 0.2) is 38.9 Å². The summed E-state index contributed by atoms with van der Waals surface area (Å²) in [6.45, 7) is 0. The van der Waals surface area contributed by atoms with Gasteiger partial charge in [-0.25, -0.2) is 0 Å². The fourth-order valence-electron chi connectivity index (χ4n) is 1.15. The van der Waals surface area contributed by atoms with Crippen LogP contribution in [0.25, 0.3) is 0 Å². The summed E-state index contributed by atoms with van der Waals surface area (Å²) in [6.07, 6.45) is 1.63. The zero-order valence-corrected chi connectivity index (χ0v) is 9.14. The van der Waals surface area contributed by atoms with E-state index in [9.17, 15) is 0 Å². The highest BCUT2D eigenvalue weighted by molar-refractivity contribution is 9.10. The van der Waals surface area contributed by atoms with Gasteiger partial charge in [-0.3, -0.25) is 0 Å². The molecule has 0 fully saturated rings. The molecule has 0 spiro atoms. The number of hydrogen-bond acceptors (Lipinski definition) is 3. The van der Waals surface area contributed by atoms with Crippen molar-refractivity contribution in [2.75, 3.05) is 0 Å². The maximum atomic E-state index is 6.03. The second kappa shape index (κ2) is 3.65. The minimum absolute atomic E-state index is 0.0897. The van der Waals surface area contributed by atoms with Crippen molar-refractivity contribution in [2.45, 2.75) is 6.04 Å². The molecule has 0 aromatic carbocycles. The van der Waals surface area contributed by atoms with Crippen LogP contribution in [0.3, 0.4) is 0 Å². The topological polar surface area (TPSA) is 39.2 Å². The average Bonchev–Trinajstić information content (AvgIpc) is 2.72. The number of hydrogen-bond donors (Lipinski definition) is 1. The average molecular weight is 258 g/mol. The lowest BCUT2D eigenvalue weighted by molar-refractivity contribution is 0.535. The third-order valence-corrected chi connectivity index (χ3v) is 3.43. The Balaban J connectivity index is 2.33. The summed E-state index contributed by atoms with van der Waals surface area (Å²) in [5.41, 5.74) is 7.01. The lowest BCUT2D eigenvalue weighted by Gasteiger charge is -2.06. The predicted molar refractivity (Wildman–Crippen MR) is 56.8 cm³/mol. The molecule has 2 rings (SSSR count). The molecule has 0 radical (unpaired) electrons. The van der Waals surface area contributed by atoms with E-state index in [1.165, 1.54) is 0 Å². The van der Waals surface area contributed by atoms with Gasteiger partial charge in [0.1, 0.15) is 0 Å². The third kappa shape index (κ3) is 1.70. The Morgan fingerprint density at radius 2 is 2.31 bits per heavy atom. The van der Waals surface area contributed by atoms with Gasteiger partial charge in [0, 0.05) is 10.4 Å². The van der Waals surface area contributed by atoms with Gasteiger partial charge in [0.25, 0.3) is 0 Å². The maximum Gasteiger partial charge on any atom is 0.174 e. The Bertz CT molecular complexity index is 382. The van der Waals surface area contributed by atoms with Gasteiger partial charge in [-0.1, -0.05) is 6.07 Å². The molecule has 2 aromatic heterocycles. The highest BCUT2D eigenvalue weighted by Gasteiger charge is 2.14. The van der Waals surface area contributed by atoms with Gasteiger partial charge >= 0.3 is 0 Å². The summed E-state index contributed by atoms with van der Waals surface area (Å²) >= 11 is 4.96. The van der Waals surface area contributed by atoms with Gasteiger partial charge in [0.15, 0.2) is 4.67 Å². The largest absolute Gasteiger partial charge is 0.457 e. The Morgan fingerprint density at radius 1 is 1.46 bits per heavy atom. The number of halogens is 1. The molecule has 1 atom stereocenters. The number of rotatable bonds is 2.